The third-order valence-electron chi connectivity index (χ3n) is 6.05. The number of fused-ring (bicyclic) bond motifs is 3. The van der Waals surface area contributed by atoms with Gasteiger partial charge in [0, 0.05) is 6.54 Å². The zero-order chi connectivity index (χ0) is 20.2. The lowest BCUT2D eigenvalue weighted by Crippen LogP contribution is -2.49. The number of thiophene rings is 1. The average molecular weight is 410 g/mol. The molecule has 1 atom stereocenters. The van der Waals surface area contributed by atoms with Crippen LogP contribution in [-0.2, 0) is 21.5 Å². The zero-order valence-corrected chi connectivity index (χ0v) is 17.6. The van der Waals surface area contributed by atoms with Gasteiger partial charge in [-0.25, -0.2) is 14.8 Å². The quantitative estimate of drug-likeness (QED) is 0.601. The number of morpholine rings is 1. The van der Waals surface area contributed by atoms with E-state index < -0.39 is 0 Å². The molecule has 0 amide bonds. The highest BCUT2D eigenvalue weighted by Gasteiger charge is 2.44. The van der Waals surface area contributed by atoms with E-state index in [-0.39, 0.29) is 11.6 Å². The Hall–Kier alpha value is -2.51. The minimum atomic E-state index is -0.322. The number of anilines is 1. The molecule has 5 rings (SSSR count). The normalized spacial score (nSPS) is 21.0. The first-order valence-electron chi connectivity index (χ1n) is 9.86. The molecule has 1 fully saturated rings. The Morgan fingerprint density at radius 1 is 1.28 bits per heavy atom. The number of methoxy groups -OCH3 is 1. The summed E-state index contributed by atoms with van der Waals surface area (Å²) in [5, 5.41) is 0.948. The zero-order valence-electron chi connectivity index (χ0n) is 16.8. The number of hydrogen-bond donors (Lipinski definition) is 0. The number of esters is 1. The van der Waals surface area contributed by atoms with Gasteiger partial charge in [-0.2, -0.15) is 0 Å². The van der Waals surface area contributed by atoms with Gasteiger partial charge < -0.3 is 14.4 Å². The number of rotatable bonds is 2. The summed E-state index contributed by atoms with van der Waals surface area (Å²) in [6.45, 7) is 6.01. The lowest BCUT2D eigenvalue weighted by atomic mass is 9.93. The molecule has 29 heavy (non-hydrogen) atoms. The van der Waals surface area contributed by atoms with Crippen LogP contribution in [0, 0.1) is 13.8 Å². The highest BCUT2D eigenvalue weighted by molar-refractivity contribution is 7.20. The van der Waals surface area contributed by atoms with Gasteiger partial charge in [0.2, 0.25) is 0 Å². The Morgan fingerprint density at radius 2 is 2.10 bits per heavy atom. The second-order valence-corrected chi connectivity index (χ2v) is 8.74. The number of carbonyl (C=O) groups excluding carboxylic acids is 1. The molecule has 0 saturated carbocycles. The van der Waals surface area contributed by atoms with Crippen LogP contribution in [0.4, 0.5) is 5.82 Å². The van der Waals surface area contributed by atoms with Crippen molar-refractivity contribution < 1.29 is 14.3 Å². The van der Waals surface area contributed by atoms with Gasteiger partial charge in [0.05, 0.1) is 25.6 Å². The Kier molecular flexibility index (Phi) is 4.33. The smallest absolute Gasteiger partial charge is 0.348 e. The molecule has 1 unspecified atom stereocenters. The monoisotopic (exact) mass is 409 g/mol. The first-order chi connectivity index (χ1) is 14.0. The van der Waals surface area contributed by atoms with Crippen molar-refractivity contribution in [2.45, 2.75) is 32.3 Å². The number of aryl methyl sites for hydroxylation is 3. The van der Waals surface area contributed by atoms with Gasteiger partial charge >= 0.3 is 5.97 Å². The molecule has 3 aromatic rings. The predicted molar refractivity (Wildman–Crippen MR) is 113 cm³/mol. The van der Waals surface area contributed by atoms with Gasteiger partial charge in [-0.05, 0) is 43.4 Å². The Balaban J connectivity index is 1.61. The van der Waals surface area contributed by atoms with Gasteiger partial charge in [0.25, 0.3) is 0 Å². The fraction of sp³-hybridized carbons (Fsp3) is 0.409. The lowest BCUT2D eigenvalue weighted by Gasteiger charge is -2.42. The first-order valence-corrected chi connectivity index (χ1v) is 10.7. The van der Waals surface area contributed by atoms with Crippen molar-refractivity contribution in [1.29, 1.82) is 0 Å². The average Bonchev–Trinajstić information content (AvgIpc) is 3.25. The number of aromatic nitrogens is 2. The fourth-order valence-corrected chi connectivity index (χ4v) is 5.81. The minimum Gasteiger partial charge on any atom is -0.465 e. The van der Waals surface area contributed by atoms with Crippen molar-refractivity contribution >= 4 is 33.3 Å². The summed E-state index contributed by atoms with van der Waals surface area (Å²) in [6, 6.07) is 8.58. The van der Waals surface area contributed by atoms with Gasteiger partial charge in [0.15, 0.2) is 0 Å². The lowest BCUT2D eigenvalue weighted by molar-refractivity contribution is -0.0593. The summed E-state index contributed by atoms with van der Waals surface area (Å²) < 4.78 is 11.3. The van der Waals surface area contributed by atoms with Crippen LogP contribution in [-0.4, -0.2) is 42.7 Å². The van der Waals surface area contributed by atoms with Crippen molar-refractivity contribution in [3.05, 3.63) is 51.7 Å². The molecule has 0 N–H and O–H groups in total. The summed E-state index contributed by atoms with van der Waals surface area (Å²) in [6.07, 6.45) is 2.01. The summed E-state index contributed by atoms with van der Waals surface area (Å²) in [4.78, 5) is 25.4. The van der Waals surface area contributed by atoms with Crippen LogP contribution >= 0.6 is 11.3 Å². The van der Waals surface area contributed by atoms with Crippen LogP contribution in [0.2, 0.25) is 0 Å². The molecule has 2 aromatic heterocycles. The van der Waals surface area contributed by atoms with Gasteiger partial charge in [-0.1, -0.05) is 24.3 Å². The SMILES string of the molecule is COC(=O)c1sc2nc(C)nc(N3CCOC4(CCc5ccccc54)C3)c2c1C. The maximum atomic E-state index is 12.2. The molecule has 150 valence electrons. The third-order valence-corrected chi connectivity index (χ3v) is 7.21. The molecule has 1 saturated heterocycles. The number of hydrogen-bond acceptors (Lipinski definition) is 7. The highest BCUT2D eigenvalue weighted by atomic mass is 32.1. The second kappa shape index (κ2) is 6.78. The number of carbonyl (C=O) groups is 1. The van der Waals surface area contributed by atoms with Crippen molar-refractivity contribution in [2.24, 2.45) is 0 Å². The van der Waals surface area contributed by atoms with Crippen molar-refractivity contribution in [3.63, 3.8) is 0 Å². The standard InChI is InChI=1S/C22H23N3O3S/c1-13-17-19(23-14(2)24-20(17)29-18(13)21(26)27-3)25-10-11-28-22(12-25)9-8-15-6-4-5-7-16(15)22/h4-7H,8-12H2,1-3H3. The van der Waals surface area contributed by atoms with Gasteiger partial charge in [0.1, 0.15) is 27.0 Å². The molecule has 1 aromatic carbocycles. The second-order valence-electron chi connectivity index (χ2n) is 7.74. The highest BCUT2D eigenvalue weighted by Crippen LogP contribution is 2.44. The van der Waals surface area contributed by atoms with Crippen LogP contribution in [0.25, 0.3) is 10.2 Å². The van der Waals surface area contributed by atoms with Crippen LogP contribution in [0.15, 0.2) is 24.3 Å². The number of ether oxygens (including phenoxy) is 2. The molecular formula is C22H23N3O3S. The summed E-state index contributed by atoms with van der Waals surface area (Å²) in [7, 11) is 1.41. The Labute approximate surface area is 173 Å². The molecule has 7 heteroatoms. The molecule has 2 aliphatic rings. The van der Waals surface area contributed by atoms with Gasteiger partial charge in [-0.15, -0.1) is 11.3 Å². The molecule has 3 heterocycles. The molecule has 1 aliphatic heterocycles. The maximum Gasteiger partial charge on any atom is 0.348 e. The Bertz CT molecular complexity index is 1120. The summed E-state index contributed by atoms with van der Waals surface area (Å²) in [5.41, 5.74) is 3.26. The van der Waals surface area contributed by atoms with E-state index in [1.165, 1.54) is 29.6 Å². The van der Waals surface area contributed by atoms with E-state index in [1.807, 2.05) is 13.8 Å². The largest absolute Gasteiger partial charge is 0.465 e. The molecule has 0 bridgehead atoms. The first kappa shape index (κ1) is 18.5. The van der Waals surface area contributed by atoms with E-state index in [4.69, 9.17) is 14.5 Å². The van der Waals surface area contributed by atoms with Crippen molar-refractivity contribution in [1.82, 2.24) is 9.97 Å². The molecule has 0 radical (unpaired) electrons. The number of benzene rings is 1. The topological polar surface area (TPSA) is 64.5 Å². The van der Waals surface area contributed by atoms with Crippen molar-refractivity contribution in [3.8, 4) is 0 Å². The minimum absolute atomic E-state index is 0.297. The fourth-order valence-electron chi connectivity index (χ4n) is 4.67. The predicted octanol–water partition coefficient (Wildman–Crippen LogP) is 3.77. The van der Waals surface area contributed by atoms with Crippen LogP contribution in [0.3, 0.4) is 0 Å². The number of nitrogens with zero attached hydrogens (tertiary/aromatic N) is 3. The van der Waals surface area contributed by atoms with Gasteiger partial charge in [-0.3, -0.25) is 0 Å². The third kappa shape index (κ3) is 2.83. The van der Waals surface area contributed by atoms with Crippen LogP contribution in [0.1, 0.15) is 38.6 Å². The van der Waals surface area contributed by atoms with Crippen LogP contribution in [0.5, 0.6) is 0 Å². The van der Waals surface area contributed by atoms with E-state index in [0.29, 0.717) is 17.3 Å². The van der Waals surface area contributed by atoms with E-state index >= 15 is 0 Å². The summed E-state index contributed by atoms with van der Waals surface area (Å²) >= 11 is 1.38. The maximum absolute atomic E-state index is 12.2. The molecular weight excluding hydrogens is 386 g/mol. The van der Waals surface area contributed by atoms with Crippen molar-refractivity contribution in [2.75, 3.05) is 31.7 Å². The van der Waals surface area contributed by atoms with E-state index in [0.717, 1.165) is 47.5 Å². The van der Waals surface area contributed by atoms with E-state index in [9.17, 15) is 4.79 Å². The van der Waals surface area contributed by atoms with E-state index in [1.54, 1.807) is 0 Å². The molecule has 6 nitrogen and oxygen atoms in total. The summed E-state index contributed by atoms with van der Waals surface area (Å²) in [5.74, 6) is 1.28. The Morgan fingerprint density at radius 3 is 2.93 bits per heavy atom. The van der Waals surface area contributed by atoms with E-state index in [2.05, 4.69) is 34.1 Å². The van der Waals surface area contributed by atoms with Crippen LogP contribution < -0.4 is 4.90 Å². The molecule has 1 spiro atoms. The molecule has 1 aliphatic carbocycles.